The topological polar surface area (TPSA) is 90.9 Å². The first-order valence-corrected chi connectivity index (χ1v) is 8.50. The molecular formula is C19H24N6O. The molecule has 0 amide bonds. The van der Waals surface area contributed by atoms with Gasteiger partial charge in [-0.3, -0.25) is 4.68 Å². The predicted molar refractivity (Wildman–Crippen MR) is 103 cm³/mol. The summed E-state index contributed by atoms with van der Waals surface area (Å²) in [6.45, 7) is 4.73. The number of rotatable bonds is 6. The van der Waals surface area contributed by atoms with Gasteiger partial charge in [0, 0.05) is 30.9 Å². The largest absolute Gasteiger partial charge is 0.497 e. The molecule has 26 heavy (non-hydrogen) atoms. The number of nitrogen functional groups attached to an aromatic ring is 1. The molecule has 0 unspecified atom stereocenters. The second-order valence-electron chi connectivity index (χ2n) is 6.19. The van der Waals surface area contributed by atoms with Crippen molar-refractivity contribution in [1.29, 1.82) is 0 Å². The summed E-state index contributed by atoms with van der Waals surface area (Å²) >= 11 is 0. The molecule has 0 saturated carbocycles. The lowest BCUT2D eigenvalue weighted by Crippen LogP contribution is -2.08. The molecule has 0 bridgehead atoms. The number of nitrogens with two attached hydrogens (primary N) is 1. The number of nitrogens with one attached hydrogen (secondary N) is 1. The van der Waals surface area contributed by atoms with Gasteiger partial charge in [-0.05, 0) is 38.0 Å². The first-order chi connectivity index (χ1) is 12.5. The summed E-state index contributed by atoms with van der Waals surface area (Å²) in [5, 5.41) is 7.78. The number of aryl methyl sites for hydroxylation is 2. The van der Waals surface area contributed by atoms with E-state index in [1.807, 2.05) is 43.8 Å². The molecule has 3 rings (SSSR count). The van der Waals surface area contributed by atoms with Crippen LogP contribution in [-0.2, 0) is 13.5 Å². The minimum absolute atomic E-state index is 0.247. The lowest BCUT2D eigenvalue weighted by atomic mass is 10.1. The Kier molecular flexibility index (Phi) is 5.06. The quantitative estimate of drug-likeness (QED) is 0.709. The van der Waals surface area contributed by atoms with Crippen LogP contribution in [0.4, 0.5) is 11.8 Å². The zero-order valence-electron chi connectivity index (χ0n) is 15.6. The molecule has 1 aromatic carbocycles. The van der Waals surface area contributed by atoms with Crippen LogP contribution < -0.4 is 15.8 Å². The Morgan fingerprint density at radius 3 is 2.50 bits per heavy atom. The van der Waals surface area contributed by atoms with Gasteiger partial charge in [-0.15, -0.1) is 0 Å². The van der Waals surface area contributed by atoms with Gasteiger partial charge in [0.25, 0.3) is 0 Å². The highest BCUT2D eigenvalue weighted by Crippen LogP contribution is 2.27. The van der Waals surface area contributed by atoms with Crippen molar-refractivity contribution in [2.75, 3.05) is 24.7 Å². The zero-order valence-corrected chi connectivity index (χ0v) is 15.6. The van der Waals surface area contributed by atoms with Crippen molar-refractivity contribution < 1.29 is 4.74 Å². The summed E-state index contributed by atoms with van der Waals surface area (Å²) in [6.07, 6.45) is 0.869. The van der Waals surface area contributed by atoms with E-state index >= 15 is 0 Å². The van der Waals surface area contributed by atoms with E-state index < -0.39 is 0 Å². The van der Waals surface area contributed by atoms with Crippen LogP contribution in [0.15, 0.2) is 30.3 Å². The Bertz CT molecular complexity index is 901. The predicted octanol–water partition coefficient (Wildman–Crippen LogP) is 2.74. The standard InChI is InChI=1S/C19H24N6O/c1-12-18(13(2)25(3)24-12)16-11-17(23-19(20)22-16)21-10-9-14-5-7-15(26-4)8-6-14/h5-8,11H,9-10H2,1-4H3,(H3,20,21,22,23). The summed E-state index contributed by atoms with van der Waals surface area (Å²) in [6, 6.07) is 9.96. The maximum atomic E-state index is 5.92. The number of anilines is 2. The monoisotopic (exact) mass is 352 g/mol. The minimum atomic E-state index is 0.247. The van der Waals surface area contributed by atoms with Gasteiger partial charge in [-0.25, -0.2) is 4.98 Å². The SMILES string of the molecule is COc1ccc(CCNc2cc(-c3c(C)nn(C)c3C)nc(N)n2)cc1. The normalized spacial score (nSPS) is 10.8. The zero-order chi connectivity index (χ0) is 18.7. The van der Waals surface area contributed by atoms with Crippen molar-refractivity contribution in [3.8, 4) is 17.0 Å². The van der Waals surface area contributed by atoms with Crippen LogP contribution in [0.25, 0.3) is 11.3 Å². The number of benzene rings is 1. The summed E-state index contributed by atoms with van der Waals surface area (Å²) in [5.74, 6) is 1.82. The molecule has 0 aliphatic carbocycles. The highest BCUT2D eigenvalue weighted by molar-refractivity contribution is 5.68. The minimum Gasteiger partial charge on any atom is -0.497 e. The third-order valence-corrected chi connectivity index (χ3v) is 4.39. The summed E-state index contributed by atoms with van der Waals surface area (Å²) in [4.78, 5) is 8.68. The van der Waals surface area contributed by atoms with Crippen molar-refractivity contribution in [3.05, 3.63) is 47.3 Å². The second kappa shape index (κ2) is 7.43. The van der Waals surface area contributed by atoms with Gasteiger partial charge < -0.3 is 15.8 Å². The number of aromatic nitrogens is 4. The third kappa shape index (κ3) is 3.77. The van der Waals surface area contributed by atoms with Crippen LogP contribution in [0.2, 0.25) is 0 Å². The number of nitrogens with zero attached hydrogens (tertiary/aromatic N) is 4. The van der Waals surface area contributed by atoms with Crippen molar-refractivity contribution in [2.45, 2.75) is 20.3 Å². The molecule has 0 atom stereocenters. The molecular weight excluding hydrogens is 328 g/mol. The van der Waals surface area contributed by atoms with E-state index in [2.05, 4.69) is 32.5 Å². The molecule has 2 aromatic heterocycles. The highest BCUT2D eigenvalue weighted by atomic mass is 16.5. The molecule has 136 valence electrons. The van der Waals surface area contributed by atoms with Crippen LogP contribution in [0, 0.1) is 13.8 Å². The van der Waals surface area contributed by atoms with Crippen LogP contribution in [-0.4, -0.2) is 33.4 Å². The number of methoxy groups -OCH3 is 1. The fourth-order valence-corrected chi connectivity index (χ4v) is 2.96. The van der Waals surface area contributed by atoms with Gasteiger partial charge in [0.1, 0.15) is 11.6 Å². The lowest BCUT2D eigenvalue weighted by molar-refractivity contribution is 0.414. The molecule has 2 heterocycles. The van der Waals surface area contributed by atoms with E-state index in [0.29, 0.717) is 5.82 Å². The average molecular weight is 352 g/mol. The van der Waals surface area contributed by atoms with Crippen molar-refractivity contribution in [3.63, 3.8) is 0 Å². The van der Waals surface area contributed by atoms with Crippen molar-refractivity contribution in [2.24, 2.45) is 7.05 Å². The highest BCUT2D eigenvalue weighted by Gasteiger charge is 2.14. The number of ether oxygens (including phenoxy) is 1. The van der Waals surface area contributed by atoms with Crippen LogP contribution >= 0.6 is 0 Å². The Balaban J connectivity index is 1.73. The van der Waals surface area contributed by atoms with E-state index in [4.69, 9.17) is 10.5 Å². The van der Waals surface area contributed by atoms with E-state index in [1.54, 1.807) is 7.11 Å². The molecule has 3 aromatic rings. The number of hydrogen-bond acceptors (Lipinski definition) is 6. The van der Waals surface area contributed by atoms with Gasteiger partial charge in [0.05, 0.1) is 18.5 Å². The van der Waals surface area contributed by atoms with Crippen molar-refractivity contribution >= 4 is 11.8 Å². The van der Waals surface area contributed by atoms with E-state index in [9.17, 15) is 0 Å². The molecule has 0 spiro atoms. The smallest absolute Gasteiger partial charge is 0.222 e. The molecule has 0 fully saturated rings. The van der Waals surface area contributed by atoms with Gasteiger partial charge in [0.15, 0.2) is 0 Å². The fourth-order valence-electron chi connectivity index (χ4n) is 2.96. The molecule has 0 radical (unpaired) electrons. The number of hydrogen-bond donors (Lipinski definition) is 2. The Labute approximate surface area is 153 Å². The van der Waals surface area contributed by atoms with Crippen molar-refractivity contribution in [1.82, 2.24) is 19.7 Å². The molecule has 0 aliphatic rings. The maximum Gasteiger partial charge on any atom is 0.222 e. The Morgan fingerprint density at radius 2 is 1.88 bits per heavy atom. The molecule has 7 heteroatoms. The summed E-state index contributed by atoms with van der Waals surface area (Å²) < 4.78 is 7.03. The average Bonchev–Trinajstić information content (AvgIpc) is 2.87. The summed E-state index contributed by atoms with van der Waals surface area (Å²) in [7, 11) is 3.59. The van der Waals surface area contributed by atoms with Gasteiger partial charge in [-0.1, -0.05) is 12.1 Å². The first kappa shape index (κ1) is 17.7. The molecule has 0 aliphatic heterocycles. The second-order valence-corrected chi connectivity index (χ2v) is 6.19. The van der Waals surface area contributed by atoms with Crippen LogP contribution in [0.1, 0.15) is 17.0 Å². The summed E-state index contributed by atoms with van der Waals surface area (Å²) in [5.41, 5.74) is 10.9. The van der Waals surface area contributed by atoms with E-state index in [0.717, 1.165) is 41.4 Å². The van der Waals surface area contributed by atoms with Crippen LogP contribution in [0.3, 0.4) is 0 Å². The fraction of sp³-hybridized carbons (Fsp3) is 0.316. The molecule has 7 nitrogen and oxygen atoms in total. The Hall–Kier alpha value is -3.09. The maximum absolute atomic E-state index is 5.92. The first-order valence-electron chi connectivity index (χ1n) is 8.50. The van der Waals surface area contributed by atoms with Gasteiger partial charge in [-0.2, -0.15) is 10.1 Å². The van der Waals surface area contributed by atoms with E-state index in [-0.39, 0.29) is 5.95 Å². The molecule has 0 saturated heterocycles. The van der Waals surface area contributed by atoms with Crippen LogP contribution in [0.5, 0.6) is 5.75 Å². The van der Waals surface area contributed by atoms with Gasteiger partial charge in [0.2, 0.25) is 5.95 Å². The lowest BCUT2D eigenvalue weighted by Gasteiger charge is -2.09. The third-order valence-electron chi connectivity index (χ3n) is 4.39. The Morgan fingerprint density at radius 1 is 1.15 bits per heavy atom. The molecule has 3 N–H and O–H groups in total. The van der Waals surface area contributed by atoms with Gasteiger partial charge >= 0.3 is 0 Å². The van der Waals surface area contributed by atoms with E-state index in [1.165, 1.54) is 5.56 Å².